The molecule has 114 valence electrons. The van der Waals surface area contributed by atoms with Gasteiger partial charge in [0.15, 0.2) is 0 Å². The summed E-state index contributed by atoms with van der Waals surface area (Å²) in [6.45, 7) is 0. The van der Waals surface area contributed by atoms with Gasteiger partial charge in [0.05, 0.1) is 11.4 Å². The Balaban J connectivity index is 0.00000144. The third-order valence-electron chi connectivity index (χ3n) is 3.03. The quantitative estimate of drug-likeness (QED) is 0.286. The molecule has 4 heteroatoms. The molecule has 0 amide bonds. The molecule has 0 N–H and O–H groups in total. The SMILES string of the molecule is [Cl-].[Hg+].[c]1ccccc1C=Nc1ccccc1N=Cc1[c-]cccc1. The first-order valence-electron chi connectivity index (χ1n) is 7.02. The fourth-order valence-electron chi connectivity index (χ4n) is 1.94. The zero-order valence-corrected chi connectivity index (χ0v) is 19.3. The Bertz CT molecular complexity index is 719. The summed E-state index contributed by atoms with van der Waals surface area (Å²) in [6, 6.07) is 29.5. The van der Waals surface area contributed by atoms with E-state index >= 15 is 0 Å². The van der Waals surface area contributed by atoms with Crippen LogP contribution in [0.1, 0.15) is 11.1 Å². The molecule has 0 fully saturated rings. The first-order valence-corrected chi connectivity index (χ1v) is 7.02. The van der Waals surface area contributed by atoms with Crippen LogP contribution < -0.4 is 12.4 Å². The monoisotopic (exact) mass is 519 g/mol. The number of hydrogen-bond acceptors (Lipinski definition) is 2. The van der Waals surface area contributed by atoms with E-state index in [1.54, 1.807) is 12.4 Å². The zero-order valence-electron chi connectivity index (χ0n) is 13.1. The molecule has 24 heavy (non-hydrogen) atoms. The van der Waals surface area contributed by atoms with Crippen molar-refractivity contribution in [3.05, 3.63) is 96.1 Å². The first kappa shape index (κ1) is 20.3. The van der Waals surface area contributed by atoms with Crippen molar-refractivity contribution in [1.29, 1.82) is 0 Å². The van der Waals surface area contributed by atoms with Gasteiger partial charge in [-0.2, -0.15) is 0 Å². The summed E-state index contributed by atoms with van der Waals surface area (Å²) in [7, 11) is 0. The minimum atomic E-state index is 0. The van der Waals surface area contributed by atoms with Crippen LogP contribution in [0.3, 0.4) is 0 Å². The van der Waals surface area contributed by atoms with Crippen LogP contribution in [0.4, 0.5) is 11.4 Å². The van der Waals surface area contributed by atoms with E-state index in [0.29, 0.717) is 0 Å². The molecule has 0 spiro atoms. The van der Waals surface area contributed by atoms with Crippen molar-refractivity contribution >= 4 is 23.8 Å². The fraction of sp³-hybridized carbons (Fsp3) is 0. The number of hydrogen-bond donors (Lipinski definition) is 0. The van der Waals surface area contributed by atoms with Crippen molar-refractivity contribution in [2.75, 3.05) is 0 Å². The van der Waals surface area contributed by atoms with Crippen molar-refractivity contribution in [3.63, 3.8) is 0 Å². The Morgan fingerprint density at radius 2 is 1.46 bits per heavy atom. The molecule has 0 saturated carbocycles. The van der Waals surface area contributed by atoms with Gasteiger partial charge < -0.3 is 17.4 Å². The molecular formula is C20H14ClHgN2-. The summed E-state index contributed by atoms with van der Waals surface area (Å²) in [5.74, 6) is 0. The van der Waals surface area contributed by atoms with E-state index in [2.05, 4.69) is 22.1 Å². The molecule has 3 aromatic carbocycles. The maximum Gasteiger partial charge on any atom is 1.00 e. The van der Waals surface area contributed by atoms with E-state index in [4.69, 9.17) is 0 Å². The molecular weight excluding hydrogens is 504 g/mol. The largest absolute Gasteiger partial charge is 1.00 e. The molecule has 0 unspecified atom stereocenters. The Labute approximate surface area is 169 Å². The second-order valence-corrected chi connectivity index (χ2v) is 4.64. The minimum Gasteiger partial charge on any atom is -1.00 e. The molecule has 2 nitrogen and oxygen atoms in total. The Morgan fingerprint density at radius 3 is 2.08 bits per heavy atom. The van der Waals surface area contributed by atoms with Crippen LogP contribution in [-0.2, 0) is 27.7 Å². The van der Waals surface area contributed by atoms with Gasteiger partial charge in [-0.1, -0.05) is 36.4 Å². The molecule has 0 saturated heterocycles. The molecule has 0 aromatic heterocycles. The molecule has 0 aliphatic heterocycles. The van der Waals surface area contributed by atoms with Gasteiger partial charge in [0.2, 0.25) is 0 Å². The number of para-hydroxylation sites is 2. The summed E-state index contributed by atoms with van der Waals surface area (Å²) >= 11 is 0. The zero-order chi connectivity index (χ0) is 15.0. The van der Waals surface area contributed by atoms with E-state index < -0.39 is 0 Å². The van der Waals surface area contributed by atoms with E-state index in [1.165, 1.54) is 0 Å². The van der Waals surface area contributed by atoms with E-state index in [9.17, 15) is 0 Å². The molecule has 0 heterocycles. The summed E-state index contributed by atoms with van der Waals surface area (Å²) < 4.78 is 0. The van der Waals surface area contributed by atoms with Crippen molar-refractivity contribution in [2.24, 2.45) is 9.98 Å². The second-order valence-electron chi connectivity index (χ2n) is 4.64. The average Bonchev–Trinajstić information content (AvgIpc) is 2.61. The average molecular weight is 518 g/mol. The van der Waals surface area contributed by atoms with Gasteiger partial charge in [-0.25, -0.2) is 0 Å². The van der Waals surface area contributed by atoms with Gasteiger partial charge in [-0.3, -0.25) is 4.99 Å². The van der Waals surface area contributed by atoms with Crippen molar-refractivity contribution in [1.82, 2.24) is 0 Å². The van der Waals surface area contributed by atoms with Gasteiger partial charge in [-0.05, 0) is 24.4 Å². The summed E-state index contributed by atoms with van der Waals surface area (Å²) in [5, 5.41) is 0. The maximum absolute atomic E-state index is 4.51. The third-order valence-corrected chi connectivity index (χ3v) is 3.03. The van der Waals surface area contributed by atoms with Gasteiger partial charge in [0.1, 0.15) is 0 Å². The summed E-state index contributed by atoms with van der Waals surface area (Å²) in [4.78, 5) is 9.02. The predicted octanol–water partition coefficient (Wildman–Crippen LogP) is 1.79. The normalized spacial score (nSPS) is 10.3. The first-order chi connectivity index (χ1) is 10.9. The molecule has 3 aromatic rings. The molecule has 0 bridgehead atoms. The van der Waals surface area contributed by atoms with Gasteiger partial charge in [0.25, 0.3) is 0 Å². The topological polar surface area (TPSA) is 24.7 Å². The second kappa shape index (κ2) is 10.9. The van der Waals surface area contributed by atoms with E-state index in [1.807, 2.05) is 72.8 Å². The Hall–Kier alpha value is -1.77. The standard InChI is InChI=1S/C20H14N2.ClH.Hg/c1-3-9-17(10-4-1)15-21-19-13-7-8-14-20(19)22-16-18-11-5-2-6-12-18;;/h1-9,11,13-16H;1H;/q-1;;+1/p-1. The third kappa shape index (κ3) is 6.02. The number of aliphatic imine (C=N–C) groups is 2. The van der Waals surface area contributed by atoms with E-state index in [-0.39, 0.29) is 40.1 Å². The molecule has 2 radical (unpaired) electrons. The van der Waals surface area contributed by atoms with Crippen molar-refractivity contribution in [3.8, 4) is 0 Å². The van der Waals surface area contributed by atoms with Crippen molar-refractivity contribution < 1.29 is 40.1 Å². The van der Waals surface area contributed by atoms with Gasteiger partial charge in [-0.15, -0.1) is 35.9 Å². The van der Waals surface area contributed by atoms with Crippen LogP contribution in [0.25, 0.3) is 0 Å². The van der Waals surface area contributed by atoms with Crippen LogP contribution in [0.2, 0.25) is 0 Å². The fourth-order valence-corrected chi connectivity index (χ4v) is 1.94. The van der Waals surface area contributed by atoms with Gasteiger partial charge in [0, 0.05) is 11.8 Å². The Kier molecular flexibility index (Phi) is 9.20. The molecule has 0 atom stereocenters. The number of nitrogens with zero attached hydrogens (tertiary/aromatic N) is 2. The van der Waals surface area contributed by atoms with Gasteiger partial charge >= 0.3 is 27.7 Å². The maximum atomic E-state index is 4.51. The summed E-state index contributed by atoms with van der Waals surface area (Å²) in [5.41, 5.74) is 3.54. The smallest absolute Gasteiger partial charge is 1.00 e. The summed E-state index contributed by atoms with van der Waals surface area (Å²) in [6.07, 6.45) is 3.59. The predicted molar refractivity (Wildman–Crippen MR) is 91.5 cm³/mol. The van der Waals surface area contributed by atoms with Crippen LogP contribution in [-0.4, -0.2) is 12.4 Å². The molecule has 0 aliphatic carbocycles. The van der Waals surface area contributed by atoms with Crippen LogP contribution in [0.5, 0.6) is 0 Å². The number of halogens is 1. The number of benzene rings is 3. The van der Waals surface area contributed by atoms with E-state index in [0.717, 1.165) is 22.5 Å². The minimum absolute atomic E-state index is 0. The van der Waals surface area contributed by atoms with Crippen LogP contribution in [0, 0.1) is 12.1 Å². The molecule has 3 rings (SSSR count). The van der Waals surface area contributed by atoms with Crippen molar-refractivity contribution in [2.45, 2.75) is 0 Å². The van der Waals surface area contributed by atoms with Crippen LogP contribution >= 0.6 is 0 Å². The van der Waals surface area contributed by atoms with Crippen LogP contribution in [0.15, 0.2) is 82.8 Å². The molecule has 0 aliphatic rings. The number of rotatable bonds is 4. The Morgan fingerprint density at radius 1 is 0.792 bits per heavy atom.